The van der Waals surface area contributed by atoms with Gasteiger partial charge in [0, 0.05) is 12.1 Å². The number of aliphatic hydroxyl groups excluding tert-OH is 1. The van der Waals surface area contributed by atoms with Crippen molar-refractivity contribution >= 4 is 23.4 Å². The summed E-state index contributed by atoms with van der Waals surface area (Å²) in [6.07, 6.45) is 3.16. The molecule has 126 valence electrons. The summed E-state index contributed by atoms with van der Waals surface area (Å²) in [5.41, 5.74) is 2.17. The third-order valence-electron chi connectivity index (χ3n) is 4.08. The summed E-state index contributed by atoms with van der Waals surface area (Å²) in [6.45, 7) is 0.672. The number of benzene rings is 1. The lowest BCUT2D eigenvalue weighted by molar-refractivity contribution is 0.109. The van der Waals surface area contributed by atoms with Gasteiger partial charge >= 0.3 is 5.63 Å². The van der Waals surface area contributed by atoms with Gasteiger partial charge in [0.1, 0.15) is 24.0 Å². The topological polar surface area (TPSA) is 71.7 Å². The van der Waals surface area contributed by atoms with E-state index in [0.717, 1.165) is 42.2 Å². The maximum Gasteiger partial charge on any atom is 0.339 e. The van der Waals surface area contributed by atoms with Gasteiger partial charge in [-0.2, -0.15) is 0 Å². The Labute approximate surface area is 141 Å². The molecule has 0 radical (unpaired) electrons. The van der Waals surface area contributed by atoms with Crippen molar-refractivity contribution in [2.75, 3.05) is 20.2 Å². The van der Waals surface area contributed by atoms with Crippen LogP contribution in [-0.2, 0) is 12.8 Å². The van der Waals surface area contributed by atoms with E-state index in [2.05, 4.69) is 5.32 Å². The van der Waals surface area contributed by atoms with Crippen LogP contribution in [0, 0.1) is 0 Å². The second-order valence-electron chi connectivity index (χ2n) is 5.71. The van der Waals surface area contributed by atoms with Gasteiger partial charge in [0.25, 0.3) is 0 Å². The normalized spacial score (nSPS) is 14.9. The van der Waals surface area contributed by atoms with Crippen LogP contribution in [0.5, 0.6) is 5.75 Å². The van der Waals surface area contributed by atoms with Crippen molar-refractivity contribution in [3.8, 4) is 5.75 Å². The molecular formula is C17H22ClNO4. The number of hydrogen-bond acceptors (Lipinski definition) is 5. The summed E-state index contributed by atoms with van der Waals surface area (Å²) in [4.78, 5) is 12.1. The van der Waals surface area contributed by atoms with Crippen molar-refractivity contribution in [1.29, 1.82) is 0 Å². The minimum Gasteiger partial charge on any atom is -0.490 e. The highest BCUT2D eigenvalue weighted by Crippen LogP contribution is 2.33. The predicted octanol–water partition coefficient (Wildman–Crippen LogP) is 2.05. The summed E-state index contributed by atoms with van der Waals surface area (Å²) < 4.78 is 11.2. The van der Waals surface area contributed by atoms with Crippen LogP contribution >= 0.6 is 12.4 Å². The van der Waals surface area contributed by atoms with E-state index in [1.54, 1.807) is 19.2 Å². The molecule has 1 aliphatic carbocycles. The molecule has 0 amide bonds. The van der Waals surface area contributed by atoms with Crippen molar-refractivity contribution in [3.63, 3.8) is 0 Å². The Bertz CT molecular complexity index is 728. The molecule has 1 aromatic carbocycles. The largest absolute Gasteiger partial charge is 0.490 e. The lowest BCUT2D eigenvalue weighted by atomic mass is 9.90. The van der Waals surface area contributed by atoms with Gasteiger partial charge in [-0.25, -0.2) is 4.79 Å². The van der Waals surface area contributed by atoms with Gasteiger partial charge in [-0.1, -0.05) is 6.07 Å². The van der Waals surface area contributed by atoms with Crippen LogP contribution in [0.3, 0.4) is 0 Å². The monoisotopic (exact) mass is 339 g/mol. The number of fused-ring (bicyclic) bond motifs is 3. The molecule has 23 heavy (non-hydrogen) atoms. The minimum absolute atomic E-state index is 0. The van der Waals surface area contributed by atoms with Gasteiger partial charge < -0.3 is 19.6 Å². The predicted molar refractivity (Wildman–Crippen MR) is 91.8 cm³/mol. The fraction of sp³-hybridized carbons (Fsp3) is 0.471. The van der Waals surface area contributed by atoms with Gasteiger partial charge in [-0.15, -0.1) is 12.4 Å². The quantitative estimate of drug-likeness (QED) is 0.816. The molecule has 1 atom stereocenters. The molecule has 0 saturated heterocycles. The van der Waals surface area contributed by atoms with Gasteiger partial charge in [0.2, 0.25) is 0 Å². The Morgan fingerprint density at radius 1 is 1.30 bits per heavy atom. The first-order chi connectivity index (χ1) is 10.7. The van der Waals surface area contributed by atoms with Crippen molar-refractivity contribution in [3.05, 3.63) is 39.7 Å². The number of rotatable bonds is 5. The number of nitrogens with one attached hydrogen (secondary N) is 1. The van der Waals surface area contributed by atoms with Gasteiger partial charge in [-0.3, -0.25) is 0 Å². The van der Waals surface area contributed by atoms with Crippen LogP contribution in [0.2, 0.25) is 0 Å². The Kier molecular flexibility index (Phi) is 6.04. The van der Waals surface area contributed by atoms with E-state index in [9.17, 15) is 9.90 Å². The van der Waals surface area contributed by atoms with Crippen LogP contribution in [0.15, 0.2) is 27.4 Å². The second kappa shape index (κ2) is 7.81. The molecule has 0 bridgehead atoms. The summed E-state index contributed by atoms with van der Waals surface area (Å²) in [5.74, 6) is 0.676. The van der Waals surface area contributed by atoms with Crippen molar-refractivity contribution in [2.24, 2.45) is 0 Å². The Morgan fingerprint density at radius 2 is 2.04 bits per heavy atom. The van der Waals surface area contributed by atoms with Crippen LogP contribution in [0.1, 0.15) is 24.0 Å². The molecule has 2 aromatic rings. The van der Waals surface area contributed by atoms with Crippen LogP contribution in [0.25, 0.3) is 11.0 Å². The van der Waals surface area contributed by atoms with Crippen LogP contribution < -0.4 is 15.7 Å². The van der Waals surface area contributed by atoms with E-state index in [-0.39, 0.29) is 24.6 Å². The molecule has 6 heteroatoms. The highest BCUT2D eigenvalue weighted by molar-refractivity contribution is 5.88. The van der Waals surface area contributed by atoms with Crippen molar-refractivity contribution < 1.29 is 14.3 Å². The van der Waals surface area contributed by atoms with Gasteiger partial charge in [0.15, 0.2) is 0 Å². The summed E-state index contributed by atoms with van der Waals surface area (Å²) in [6, 6.07) is 5.46. The van der Waals surface area contributed by atoms with Crippen LogP contribution in [-0.4, -0.2) is 31.4 Å². The lowest BCUT2D eigenvalue weighted by Crippen LogP contribution is -2.29. The maximum absolute atomic E-state index is 12.1. The zero-order chi connectivity index (χ0) is 15.5. The zero-order valence-electron chi connectivity index (χ0n) is 13.1. The number of hydrogen-bond donors (Lipinski definition) is 2. The minimum atomic E-state index is -0.577. The molecule has 5 nitrogen and oxygen atoms in total. The number of aryl methyl sites for hydroxylation is 1. The molecule has 3 rings (SSSR count). The first kappa shape index (κ1) is 17.8. The summed E-state index contributed by atoms with van der Waals surface area (Å²) in [5, 5.41) is 13.6. The van der Waals surface area contributed by atoms with Crippen LogP contribution in [0.4, 0.5) is 0 Å². The number of aliphatic hydroxyl groups is 1. The maximum atomic E-state index is 12.1. The van der Waals surface area contributed by atoms with Gasteiger partial charge in [-0.05, 0) is 50.4 Å². The fourth-order valence-corrected chi connectivity index (χ4v) is 3.06. The number of halogens is 1. The van der Waals surface area contributed by atoms with E-state index >= 15 is 0 Å². The van der Waals surface area contributed by atoms with E-state index in [0.29, 0.717) is 17.9 Å². The smallest absolute Gasteiger partial charge is 0.339 e. The zero-order valence-corrected chi connectivity index (χ0v) is 13.9. The number of likely N-dealkylation sites (N-methyl/N-ethyl adjacent to an activating group) is 1. The second-order valence-corrected chi connectivity index (χ2v) is 5.71. The third kappa shape index (κ3) is 3.68. The van der Waals surface area contributed by atoms with Crippen molar-refractivity contribution in [1.82, 2.24) is 5.32 Å². The average molecular weight is 340 g/mol. The lowest BCUT2D eigenvalue weighted by Gasteiger charge is -2.19. The molecule has 1 heterocycles. The molecule has 0 saturated carbocycles. The Morgan fingerprint density at radius 3 is 2.78 bits per heavy atom. The molecule has 0 spiro atoms. The standard InChI is InChI=1S/C17H21NO4.ClH/c1-18-9-11(19)10-21-14-7-4-8-15-16(14)12-5-2-3-6-13(12)17(20)22-15;/h4,7-8,11,18-19H,2-3,5-6,9-10H2,1H3;1H. The molecule has 2 N–H and O–H groups in total. The highest BCUT2D eigenvalue weighted by atomic mass is 35.5. The average Bonchev–Trinajstić information content (AvgIpc) is 2.53. The van der Waals surface area contributed by atoms with E-state index in [4.69, 9.17) is 9.15 Å². The summed E-state index contributed by atoms with van der Waals surface area (Å²) in [7, 11) is 1.78. The first-order valence-corrected chi connectivity index (χ1v) is 7.73. The molecule has 0 aliphatic heterocycles. The van der Waals surface area contributed by atoms with E-state index in [1.165, 1.54) is 0 Å². The molecular weight excluding hydrogens is 318 g/mol. The molecule has 1 unspecified atom stereocenters. The third-order valence-corrected chi connectivity index (χ3v) is 4.08. The van der Waals surface area contributed by atoms with Gasteiger partial charge in [0.05, 0.1) is 5.39 Å². The SMILES string of the molecule is CNCC(O)COc1cccc2oc(=O)c3c(c12)CCCC3.Cl. The summed E-state index contributed by atoms with van der Waals surface area (Å²) >= 11 is 0. The van der Waals surface area contributed by atoms with E-state index in [1.807, 2.05) is 6.07 Å². The Hall–Kier alpha value is -1.56. The number of ether oxygens (including phenoxy) is 1. The Balaban J connectivity index is 0.00000192. The highest BCUT2D eigenvalue weighted by Gasteiger charge is 2.20. The fourth-order valence-electron chi connectivity index (χ4n) is 3.06. The first-order valence-electron chi connectivity index (χ1n) is 7.73. The molecule has 1 aromatic heterocycles. The molecule has 1 aliphatic rings. The van der Waals surface area contributed by atoms with Crippen molar-refractivity contribution in [2.45, 2.75) is 31.8 Å². The molecule has 0 fully saturated rings. The van der Waals surface area contributed by atoms with E-state index < -0.39 is 6.10 Å².